The summed E-state index contributed by atoms with van der Waals surface area (Å²) in [5, 5.41) is 0. The molecule has 1 aliphatic rings. The van der Waals surface area contributed by atoms with Gasteiger partial charge in [-0.05, 0) is 31.9 Å². The molecule has 0 radical (unpaired) electrons. The molecule has 0 N–H and O–H groups in total. The molecule has 4 rings (SSSR count). The minimum atomic E-state index is 0.0797. The molecule has 1 saturated heterocycles. The molecule has 26 heavy (non-hydrogen) atoms. The van der Waals surface area contributed by atoms with Gasteiger partial charge < -0.3 is 9.47 Å². The zero-order valence-electron chi connectivity index (χ0n) is 14.9. The van der Waals surface area contributed by atoms with Crippen molar-refractivity contribution in [1.29, 1.82) is 0 Å². The van der Waals surface area contributed by atoms with E-state index in [-0.39, 0.29) is 11.9 Å². The maximum absolute atomic E-state index is 12.8. The van der Waals surface area contributed by atoms with Crippen LogP contribution in [0.1, 0.15) is 34.9 Å². The molecule has 3 heterocycles. The van der Waals surface area contributed by atoms with E-state index in [2.05, 4.69) is 33.6 Å². The van der Waals surface area contributed by atoms with Crippen LogP contribution in [0.4, 0.5) is 0 Å². The third kappa shape index (κ3) is 3.12. The number of carbonyl (C=O) groups excluding carboxylic acids is 1. The Labute approximate surface area is 153 Å². The van der Waals surface area contributed by atoms with Crippen LogP contribution in [0.15, 0.2) is 61.1 Å². The van der Waals surface area contributed by atoms with Crippen LogP contribution in [-0.4, -0.2) is 38.4 Å². The lowest BCUT2D eigenvalue weighted by Gasteiger charge is -2.35. The van der Waals surface area contributed by atoms with E-state index in [4.69, 9.17) is 0 Å². The lowest BCUT2D eigenvalue weighted by molar-refractivity contribution is 0.0679. The second kappa shape index (κ2) is 7.12. The van der Waals surface area contributed by atoms with Gasteiger partial charge in [-0.15, -0.1) is 0 Å². The minimum absolute atomic E-state index is 0.0797. The predicted molar refractivity (Wildman–Crippen MR) is 101 cm³/mol. The highest BCUT2D eigenvalue weighted by molar-refractivity contribution is 5.94. The highest BCUT2D eigenvalue weighted by Gasteiger charge is 2.27. The van der Waals surface area contributed by atoms with Gasteiger partial charge in [-0.2, -0.15) is 0 Å². The fourth-order valence-corrected chi connectivity index (χ4v) is 3.73. The Morgan fingerprint density at radius 3 is 2.65 bits per heavy atom. The number of amides is 1. The number of piperidine rings is 1. The van der Waals surface area contributed by atoms with Gasteiger partial charge in [0.25, 0.3) is 5.91 Å². The van der Waals surface area contributed by atoms with Gasteiger partial charge in [-0.1, -0.05) is 30.3 Å². The summed E-state index contributed by atoms with van der Waals surface area (Å²) in [7, 11) is 0. The van der Waals surface area contributed by atoms with E-state index in [1.165, 1.54) is 0 Å². The number of aryl methyl sites for hydroxylation is 1. The molecule has 1 fully saturated rings. The maximum atomic E-state index is 12.8. The molecule has 5 heteroatoms. The van der Waals surface area contributed by atoms with Gasteiger partial charge in [0.15, 0.2) is 0 Å². The molecule has 1 aliphatic heterocycles. The molecular weight excluding hydrogens is 324 g/mol. The Bertz CT molecular complexity index is 889. The Hall–Kier alpha value is -2.95. The number of hydrogen-bond donors (Lipinski definition) is 0. The van der Waals surface area contributed by atoms with Crippen LogP contribution in [0.2, 0.25) is 0 Å². The molecule has 2 aromatic heterocycles. The van der Waals surface area contributed by atoms with Gasteiger partial charge in [-0.3, -0.25) is 9.78 Å². The summed E-state index contributed by atoms with van der Waals surface area (Å²) in [6.07, 6.45) is 7.31. The average Bonchev–Trinajstić information content (AvgIpc) is 3.10. The van der Waals surface area contributed by atoms with Crippen molar-refractivity contribution in [2.75, 3.05) is 13.1 Å². The molecule has 1 amide bonds. The first kappa shape index (κ1) is 16.5. The van der Waals surface area contributed by atoms with Gasteiger partial charge in [0.05, 0.1) is 6.04 Å². The molecule has 0 bridgehead atoms. The number of nitrogens with zero attached hydrogens (tertiary/aromatic N) is 4. The molecule has 132 valence electrons. The van der Waals surface area contributed by atoms with E-state index in [9.17, 15) is 4.79 Å². The minimum Gasteiger partial charge on any atom is -0.337 e. The molecule has 1 unspecified atom stereocenters. The second-order valence-corrected chi connectivity index (χ2v) is 6.74. The Kier molecular flexibility index (Phi) is 4.52. The van der Waals surface area contributed by atoms with Crippen LogP contribution in [0.25, 0.3) is 11.4 Å². The number of benzene rings is 1. The van der Waals surface area contributed by atoms with E-state index in [1.54, 1.807) is 24.5 Å². The SMILES string of the molecule is Cc1cnc(-c2ccccc2)n1C1CCCN(C(=O)c2ccncc2)C1. The highest BCUT2D eigenvalue weighted by Crippen LogP contribution is 2.29. The molecule has 1 aromatic carbocycles. The number of hydrogen-bond acceptors (Lipinski definition) is 3. The van der Waals surface area contributed by atoms with Crippen LogP contribution in [0.3, 0.4) is 0 Å². The molecule has 1 atom stereocenters. The van der Waals surface area contributed by atoms with Crippen molar-refractivity contribution in [3.05, 3.63) is 72.3 Å². The number of likely N-dealkylation sites (tertiary alicyclic amines) is 1. The lowest BCUT2D eigenvalue weighted by atomic mass is 10.0. The number of rotatable bonds is 3. The van der Waals surface area contributed by atoms with Gasteiger partial charge in [-0.25, -0.2) is 4.98 Å². The summed E-state index contributed by atoms with van der Waals surface area (Å²) < 4.78 is 2.29. The third-order valence-corrected chi connectivity index (χ3v) is 4.99. The third-order valence-electron chi connectivity index (χ3n) is 4.99. The second-order valence-electron chi connectivity index (χ2n) is 6.74. The van der Waals surface area contributed by atoms with E-state index in [1.807, 2.05) is 29.3 Å². The van der Waals surface area contributed by atoms with E-state index < -0.39 is 0 Å². The Morgan fingerprint density at radius 1 is 1.12 bits per heavy atom. The average molecular weight is 346 g/mol. The van der Waals surface area contributed by atoms with E-state index in [0.29, 0.717) is 12.1 Å². The largest absolute Gasteiger partial charge is 0.337 e. The van der Waals surface area contributed by atoms with Crippen LogP contribution in [0.5, 0.6) is 0 Å². The normalized spacial score (nSPS) is 17.3. The smallest absolute Gasteiger partial charge is 0.254 e. The monoisotopic (exact) mass is 346 g/mol. The number of carbonyl (C=O) groups is 1. The molecular formula is C21H22N4O. The molecule has 0 saturated carbocycles. The molecule has 0 aliphatic carbocycles. The molecule has 5 nitrogen and oxygen atoms in total. The fraction of sp³-hybridized carbons (Fsp3) is 0.286. The summed E-state index contributed by atoms with van der Waals surface area (Å²) in [6, 6.07) is 14.1. The van der Waals surface area contributed by atoms with Crippen LogP contribution >= 0.6 is 0 Å². The van der Waals surface area contributed by atoms with E-state index >= 15 is 0 Å². The van der Waals surface area contributed by atoms with Crippen molar-refractivity contribution < 1.29 is 4.79 Å². The van der Waals surface area contributed by atoms with Crippen molar-refractivity contribution in [3.8, 4) is 11.4 Å². The Balaban J connectivity index is 1.61. The number of pyridine rings is 1. The summed E-state index contributed by atoms with van der Waals surface area (Å²) in [5.74, 6) is 1.06. The molecule has 3 aromatic rings. The van der Waals surface area contributed by atoms with Crippen LogP contribution < -0.4 is 0 Å². The van der Waals surface area contributed by atoms with Crippen molar-refractivity contribution in [2.45, 2.75) is 25.8 Å². The quantitative estimate of drug-likeness (QED) is 0.726. The van der Waals surface area contributed by atoms with Gasteiger partial charge in [0.2, 0.25) is 0 Å². The summed E-state index contributed by atoms with van der Waals surface area (Å²) in [6.45, 7) is 3.59. The van der Waals surface area contributed by atoms with Crippen molar-refractivity contribution in [1.82, 2.24) is 19.4 Å². The zero-order valence-corrected chi connectivity index (χ0v) is 14.9. The van der Waals surface area contributed by atoms with Crippen LogP contribution in [0, 0.1) is 6.92 Å². The first-order valence-corrected chi connectivity index (χ1v) is 9.02. The van der Waals surface area contributed by atoms with Gasteiger partial charge in [0, 0.05) is 48.5 Å². The summed E-state index contributed by atoms with van der Waals surface area (Å²) >= 11 is 0. The van der Waals surface area contributed by atoms with Gasteiger partial charge >= 0.3 is 0 Å². The van der Waals surface area contributed by atoms with Crippen molar-refractivity contribution in [2.24, 2.45) is 0 Å². The van der Waals surface area contributed by atoms with Gasteiger partial charge in [0.1, 0.15) is 5.82 Å². The number of imidazole rings is 1. The lowest BCUT2D eigenvalue weighted by Crippen LogP contribution is -2.41. The van der Waals surface area contributed by atoms with Crippen molar-refractivity contribution >= 4 is 5.91 Å². The first-order chi connectivity index (χ1) is 12.7. The number of aromatic nitrogens is 3. The van der Waals surface area contributed by atoms with Crippen LogP contribution in [-0.2, 0) is 0 Å². The highest BCUT2D eigenvalue weighted by atomic mass is 16.2. The molecule has 0 spiro atoms. The van der Waals surface area contributed by atoms with E-state index in [0.717, 1.165) is 36.5 Å². The topological polar surface area (TPSA) is 51.0 Å². The fourth-order valence-electron chi connectivity index (χ4n) is 3.73. The Morgan fingerprint density at radius 2 is 1.88 bits per heavy atom. The zero-order chi connectivity index (χ0) is 17.9. The maximum Gasteiger partial charge on any atom is 0.254 e. The summed E-state index contributed by atoms with van der Waals surface area (Å²) in [4.78, 5) is 23.4. The first-order valence-electron chi connectivity index (χ1n) is 9.02. The summed E-state index contributed by atoms with van der Waals surface area (Å²) in [5.41, 5.74) is 2.94. The van der Waals surface area contributed by atoms with Crippen molar-refractivity contribution in [3.63, 3.8) is 0 Å². The predicted octanol–water partition coefficient (Wildman–Crippen LogP) is 3.73. The standard InChI is InChI=1S/C21H22N4O/c1-16-14-23-20(17-6-3-2-4-7-17)25(16)19-8-5-13-24(15-19)21(26)18-9-11-22-12-10-18/h2-4,6-7,9-12,14,19H,5,8,13,15H2,1H3.